The molecule has 0 atom stereocenters. The zero-order valence-corrected chi connectivity index (χ0v) is 14.9. The molecule has 1 aromatic heterocycles. The third kappa shape index (κ3) is 4.58. The van der Waals surface area contributed by atoms with Crippen molar-refractivity contribution in [3.8, 4) is 5.75 Å². The predicted octanol–water partition coefficient (Wildman–Crippen LogP) is 3.81. The summed E-state index contributed by atoms with van der Waals surface area (Å²) in [6.45, 7) is 5.83. The van der Waals surface area contributed by atoms with E-state index in [4.69, 9.17) is 9.47 Å². The van der Waals surface area contributed by atoms with Gasteiger partial charge in [0, 0.05) is 4.88 Å². The van der Waals surface area contributed by atoms with Crippen molar-refractivity contribution in [1.29, 1.82) is 0 Å². The molecule has 0 aliphatic heterocycles. The van der Waals surface area contributed by atoms with E-state index >= 15 is 0 Å². The van der Waals surface area contributed by atoms with Crippen molar-refractivity contribution < 1.29 is 19.1 Å². The molecule has 0 bridgehead atoms. The van der Waals surface area contributed by atoms with Crippen LogP contribution in [0.1, 0.15) is 34.6 Å². The van der Waals surface area contributed by atoms with Gasteiger partial charge in [-0.05, 0) is 38.0 Å². The van der Waals surface area contributed by atoms with Crippen LogP contribution >= 0.6 is 11.3 Å². The van der Waals surface area contributed by atoms with Gasteiger partial charge in [-0.25, -0.2) is 4.79 Å². The summed E-state index contributed by atoms with van der Waals surface area (Å²) in [7, 11) is 0. The van der Waals surface area contributed by atoms with Crippen molar-refractivity contribution >= 4 is 28.2 Å². The Morgan fingerprint density at radius 1 is 1.21 bits per heavy atom. The number of hydrogen-bond acceptors (Lipinski definition) is 5. The Morgan fingerprint density at radius 3 is 2.62 bits per heavy atom. The fraction of sp³-hybridized carbons (Fsp3) is 0.333. The summed E-state index contributed by atoms with van der Waals surface area (Å²) in [4.78, 5) is 25.2. The van der Waals surface area contributed by atoms with E-state index in [1.54, 1.807) is 13.0 Å². The Labute approximate surface area is 145 Å². The zero-order chi connectivity index (χ0) is 17.5. The first-order valence-electron chi connectivity index (χ1n) is 7.83. The van der Waals surface area contributed by atoms with Crippen molar-refractivity contribution in [3.05, 3.63) is 46.3 Å². The lowest BCUT2D eigenvalue weighted by Crippen LogP contribution is -2.21. The van der Waals surface area contributed by atoms with Crippen LogP contribution in [0.15, 0.2) is 30.3 Å². The highest BCUT2D eigenvalue weighted by molar-refractivity contribution is 7.16. The summed E-state index contributed by atoms with van der Waals surface area (Å²) >= 11 is 1.38. The maximum Gasteiger partial charge on any atom is 0.341 e. The third-order valence-corrected chi connectivity index (χ3v) is 4.53. The maximum absolute atomic E-state index is 12.1. The van der Waals surface area contributed by atoms with Crippen LogP contribution in [0, 0.1) is 6.92 Å². The number of hydrogen-bond donors (Lipinski definition) is 1. The summed E-state index contributed by atoms with van der Waals surface area (Å²) in [5, 5.41) is 3.25. The van der Waals surface area contributed by atoms with Crippen LogP contribution in [0.25, 0.3) is 0 Å². The summed E-state index contributed by atoms with van der Waals surface area (Å²) in [6.07, 6.45) is 0.784. The van der Waals surface area contributed by atoms with Crippen molar-refractivity contribution in [1.82, 2.24) is 0 Å². The Bertz CT molecular complexity index is 724. The lowest BCUT2D eigenvalue weighted by molar-refractivity contribution is -0.118. The van der Waals surface area contributed by atoms with Gasteiger partial charge in [0.05, 0.1) is 12.2 Å². The fourth-order valence-corrected chi connectivity index (χ4v) is 3.09. The smallest absolute Gasteiger partial charge is 0.341 e. The highest BCUT2D eigenvalue weighted by Crippen LogP contribution is 2.29. The number of thiophene rings is 1. The summed E-state index contributed by atoms with van der Waals surface area (Å²) in [5.74, 6) is -0.0735. The number of benzene rings is 1. The molecule has 1 aromatic carbocycles. The molecule has 1 amide bonds. The lowest BCUT2D eigenvalue weighted by atomic mass is 10.2. The number of ether oxygens (including phenoxy) is 2. The average Bonchev–Trinajstić information content (AvgIpc) is 2.97. The Kier molecular flexibility index (Phi) is 6.37. The number of carbonyl (C=O) groups excluding carboxylic acids is 2. The SMILES string of the molecule is CCOC(=O)c1cc(CC)sc1NC(=O)COc1ccccc1C. The molecule has 2 aromatic rings. The molecule has 5 nitrogen and oxygen atoms in total. The van der Waals surface area contributed by atoms with Crippen molar-refractivity contribution in [2.75, 3.05) is 18.5 Å². The lowest BCUT2D eigenvalue weighted by Gasteiger charge is -2.09. The minimum absolute atomic E-state index is 0.119. The normalized spacial score (nSPS) is 10.3. The van der Waals surface area contributed by atoms with Crippen molar-refractivity contribution in [2.24, 2.45) is 0 Å². The van der Waals surface area contributed by atoms with Crippen molar-refractivity contribution in [2.45, 2.75) is 27.2 Å². The Hall–Kier alpha value is -2.34. The zero-order valence-electron chi connectivity index (χ0n) is 14.0. The molecule has 1 heterocycles. The predicted molar refractivity (Wildman–Crippen MR) is 95.0 cm³/mol. The van der Waals surface area contributed by atoms with E-state index in [-0.39, 0.29) is 12.5 Å². The van der Waals surface area contributed by atoms with Gasteiger partial charge in [-0.3, -0.25) is 4.79 Å². The minimum atomic E-state index is -0.427. The largest absolute Gasteiger partial charge is 0.483 e. The van der Waals surface area contributed by atoms with Gasteiger partial charge in [-0.1, -0.05) is 25.1 Å². The maximum atomic E-state index is 12.1. The number of aryl methyl sites for hydroxylation is 2. The molecule has 6 heteroatoms. The van der Waals surface area contributed by atoms with Gasteiger partial charge in [0.1, 0.15) is 10.8 Å². The number of amides is 1. The summed E-state index contributed by atoms with van der Waals surface area (Å²) in [6, 6.07) is 9.25. The minimum Gasteiger partial charge on any atom is -0.483 e. The average molecular weight is 347 g/mol. The number of nitrogens with one attached hydrogen (secondary N) is 1. The molecule has 0 saturated carbocycles. The van der Waals surface area contributed by atoms with Gasteiger partial charge in [0.25, 0.3) is 5.91 Å². The quantitative estimate of drug-likeness (QED) is 0.774. The molecule has 0 radical (unpaired) electrons. The number of esters is 1. The van der Waals surface area contributed by atoms with Gasteiger partial charge in [0.2, 0.25) is 0 Å². The van der Waals surface area contributed by atoms with Gasteiger partial charge < -0.3 is 14.8 Å². The van der Waals surface area contributed by atoms with Crippen LogP contribution in [-0.4, -0.2) is 25.1 Å². The molecule has 0 spiro atoms. The van der Waals surface area contributed by atoms with Crippen molar-refractivity contribution in [3.63, 3.8) is 0 Å². The van der Waals surface area contributed by atoms with E-state index in [9.17, 15) is 9.59 Å². The fourth-order valence-electron chi connectivity index (χ4n) is 2.09. The second-order valence-electron chi connectivity index (χ2n) is 5.13. The second-order valence-corrected chi connectivity index (χ2v) is 6.27. The molecule has 2 rings (SSSR count). The molecule has 1 N–H and O–H groups in total. The van der Waals surface area contributed by atoms with Gasteiger partial charge in [-0.2, -0.15) is 0 Å². The van der Waals surface area contributed by atoms with Crippen LogP contribution in [0.4, 0.5) is 5.00 Å². The van der Waals surface area contributed by atoms with E-state index in [1.165, 1.54) is 11.3 Å². The van der Waals surface area contributed by atoms with Crippen LogP contribution < -0.4 is 10.1 Å². The second kappa shape index (κ2) is 8.49. The summed E-state index contributed by atoms with van der Waals surface area (Å²) in [5.41, 5.74) is 1.35. The van der Waals surface area contributed by atoms with E-state index in [2.05, 4.69) is 5.32 Å². The Balaban J connectivity index is 2.04. The molecule has 0 fully saturated rings. The third-order valence-electron chi connectivity index (χ3n) is 3.33. The number of para-hydroxylation sites is 1. The van der Waals surface area contributed by atoms with E-state index in [1.807, 2.05) is 38.1 Å². The van der Waals surface area contributed by atoms with Crippen LogP contribution in [0.5, 0.6) is 5.75 Å². The number of carbonyl (C=O) groups is 2. The van der Waals surface area contributed by atoms with E-state index in [0.717, 1.165) is 16.9 Å². The van der Waals surface area contributed by atoms with Crippen LogP contribution in [0.3, 0.4) is 0 Å². The molecule has 0 unspecified atom stereocenters. The molecule has 0 aliphatic carbocycles. The van der Waals surface area contributed by atoms with E-state index in [0.29, 0.717) is 22.9 Å². The molecule has 0 aliphatic rings. The number of rotatable bonds is 7. The van der Waals surface area contributed by atoms with E-state index < -0.39 is 5.97 Å². The molecule has 0 saturated heterocycles. The standard InChI is InChI=1S/C18H21NO4S/c1-4-13-10-14(18(21)22-5-2)17(24-13)19-16(20)11-23-15-9-7-6-8-12(15)3/h6-10H,4-5,11H2,1-3H3,(H,19,20). The van der Waals surface area contributed by atoms with Gasteiger partial charge in [-0.15, -0.1) is 11.3 Å². The highest BCUT2D eigenvalue weighted by Gasteiger charge is 2.18. The van der Waals surface area contributed by atoms with Crippen LogP contribution in [0.2, 0.25) is 0 Å². The topological polar surface area (TPSA) is 64.6 Å². The number of anilines is 1. The molecule has 128 valence electrons. The first-order chi connectivity index (χ1) is 11.5. The monoisotopic (exact) mass is 347 g/mol. The first-order valence-corrected chi connectivity index (χ1v) is 8.64. The molecular weight excluding hydrogens is 326 g/mol. The molecular formula is C18H21NO4S. The molecule has 24 heavy (non-hydrogen) atoms. The summed E-state index contributed by atoms with van der Waals surface area (Å²) < 4.78 is 10.6. The van der Waals surface area contributed by atoms with Gasteiger partial charge in [0.15, 0.2) is 6.61 Å². The van der Waals surface area contributed by atoms with Crippen LogP contribution in [-0.2, 0) is 16.0 Å². The Morgan fingerprint density at radius 2 is 1.96 bits per heavy atom. The highest BCUT2D eigenvalue weighted by atomic mass is 32.1. The van der Waals surface area contributed by atoms with Gasteiger partial charge >= 0.3 is 5.97 Å². The first kappa shape index (κ1) is 18.0.